The van der Waals surface area contributed by atoms with Crippen molar-refractivity contribution in [1.82, 2.24) is 4.67 Å². The first-order valence-electron chi connectivity index (χ1n) is 11.4. The Kier molecular flexibility index (Phi) is 5.18. The van der Waals surface area contributed by atoms with Crippen LogP contribution in [0.15, 0.2) is 0 Å². The highest BCUT2D eigenvalue weighted by Gasteiger charge is 2.51. The fourth-order valence-electron chi connectivity index (χ4n) is 7.50. The van der Waals surface area contributed by atoms with Gasteiger partial charge in [0.25, 0.3) is 0 Å². The summed E-state index contributed by atoms with van der Waals surface area (Å²) in [6, 6.07) is 0. The largest absolute Gasteiger partial charge is 0.374 e. The zero-order valence-electron chi connectivity index (χ0n) is 16.2. The predicted molar refractivity (Wildman–Crippen MR) is 107 cm³/mol. The highest BCUT2D eigenvalue weighted by molar-refractivity contribution is 7.13. The number of carbonyl (C=O) groups is 1. The van der Waals surface area contributed by atoms with Crippen LogP contribution >= 0.6 is 9.39 Å². The molecule has 2 heterocycles. The van der Waals surface area contributed by atoms with Crippen molar-refractivity contribution in [3.8, 4) is 0 Å². The maximum Gasteiger partial charge on any atom is 0.137 e. The topological polar surface area (TPSA) is 29.5 Å². The van der Waals surface area contributed by atoms with E-state index in [0.717, 1.165) is 18.3 Å². The molecule has 2 aliphatic heterocycles. The van der Waals surface area contributed by atoms with Crippen LogP contribution in [0.5, 0.6) is 0 Å². The van der Waals surface area contributed by atoms with Gasteiger partial charge in [-0.2, -0.15) is 0 Å². The van der Waals surface area contributed by atoms with E-state index in [1.165, 1.54) is 77.3 Å². The molecule has 26 heavy (non-hydrogen) atoms. The minimum absolute atomic E-state index is 0.327. The fourth-order valence-corrected chi connectivity index (χ4v) is 8.04. The molecule has 0 aromatic heterocycles. The molecule has 7 unspecified atom stereocenters. The Morgan fingerprint density at radius 2 is 1.38 bits per heavy atom. The van der Waals surface area contributed by atoms with Crippen LogP contribution in [-0.2, 0) is 9.53 Å². The summed E-state index contributed by atoms with van der Waals surface area (Å²) < 4.78 is 8.99. The van der Waals surface area contributed by atoms with E-state index in [1.54, 1.807) is 0 Å². The summed E-state index contributed by atoms with van der Waals surface area (Å²) >= 11 is 0. The Hall–Kier alpha value is 0.0200. The van der Waals surface area contributed by atoms with Gasteiger partial charge in [0, 0.05) is 25.4 Å². The van der Waals surface area contributed by atoms with Gasteiger partial charge in [-0.15, -0.1) is 0 Å². The second-order valence-electron chi connectivity index (χ2n) is 10.0. The van der Waals surface area contributed by atoms with Crippen LogP contribution in [0.2, 0.25) is 0 Å². The highest BCUT2D eigenvalue weighted by atomic mass is 31.0. The molecular weight excluding hydrogens is 341 g/mol. The Morgan fingerprint density at radius 3 is 1.96 bits per heavy atom. The smallest absolute Gasteiger partial charge is 0.137 e. The monoisotopic (exact) mass is 377 g/mol. The van der Waals surface area contributed by atoms with Gasteiger partial charge >= 0.3 is 0 Å². The zero-order chi connectivity index (χ0) is 17.7. The average molecular weight is 378 g/mol. The number of fused-ring (bicyclic) bond motifs is 4. The van der Waals surface area contributed by atoms with Crippen LogP contribution in [0.25, 0.3) is 0 Å². The minimum Gasteiger partial charge on any atom is -0.374 e. The molecule has 2 bridgehead atoms. The first-order valence-corrected chi connectivity index (χ1v) is 11.9. The van der Waals surface area contributed by atoms with E-state index in [9.17, 15) is 4.79 Å². The lowest BCUT2D eigenvalue weighted by Crippen LogP contribution is -2.53. The van der Waals surface area contributed by atoms with Gasteiger partial charge in [-0.25, -0.2) is 0 Å². The van der Waals surface area contributed by atoms with Crippen LogP contribution in [0.3, 0.4) is 0 Å². The molecular formula is C22H36NO2P. The lowest BCUT2D eigenvalue weighted by molar-refractivity contribution is -0.179. The van der Waals surface area contributed by atoms with Crippen LogP contribution in [0.1, 0.15) is 70.6 Å². The van der Waals surface area contributed by atoms with Gasteiger partial charge in [0.15, 0.2) is 0 Å². The first kappa shape index (κ1) is 18.1. The second kappa shape index (κ2) is 7.45. The normalized spacial score (nSPS) is 48.7. The number of ketones is 1. The summed E-state index contributed by atoms with van der Waals surface area (Å²) in [5.74, 6) is 4.24. The fraction of sp³-hybridized carbons (Fsp3) is 0.955. The van der Waals surface area contributed by atoms with Gasteiger partial charge in [0.05, 0.1) is 12.2 Å². The number of ether oxygens (including phenoxy) is 1. The summed E-state index contributed by atoms with van der Waals surface area (Å²) in [4.78, 5) is 13.7. The summed E-state index contributed by atoms with van der Waals surface area (Å²) in [7, 11) is 2.90. The standard InChI is InChI=1S/C22H36NO2P/c24-19(11-18-14-9-10-15(18)13-23(26)12-14)22-16-5-1-3-7-20(16)25-21-8-4-2-6-17(21)22/h14-18,20-22H,1-13,26H2. The van der Waals surface area contributed by atoms with Crippen molar-refractivity contribution in [2.24, 2.45) is 35.5 Å². The molecule has 7 atom stereocenters. The number of carbonyl (C=O) groups excluding carboxylic acids is 1. The third kappa shape index (κ3) is 3.20. The molecule has 0 aromatic carbocycles. The molecule has 146 valence electrons. The van der Waals surface area contributed by atoms with Gasteiger partial charge in [-0.1, -0.05) is 35.1 Å². The van der Waals surface area contributed by atoms with E-state index >= 15 is 0 Å². The molecule has 0 N–H and O–H groups in total. The molecule has 0 radical (unpaired) electrons. The summed E-state index contributed by atoms with van der Waals surface area (Å²) in [5.41, 5.74) is 0. The molecule has 4 heteroatoms. The van der Waals surface area contributed by atoms with Gasteiger partial charge in [-0.3, -0.25) is 9.46 Å². The van der Waals surface area contributed by atoms with Crippen molar-refractivity contribution < 1.29 is 9.53 Å². The number of hydrogen-bond donors (Lipinski definition) is 0. The van der Waals surface area contributed by atoms with Crippen molar-refractivity contribution in [3.63, 3.8) is 0 Å². The van der Waals surface area contributed by atoms with E-state index in [-0.39, 0.29) is 0 Å². The van der Waals surface area contributed by atoms with Crippen molar-refractivity contribution in [2.75, 3.05) is 13.1 Å². The third-order valence-corrected chi connectivity index (χ3v) is 9.07. The lowest BCUT2D eigenvalue weighted by atomic mass is 9.62. The molecule has 0 amide bonds. The second-order valence-corrected chi connectivity index (χ2v) is 10.8. The highest BCUT2D eigenvalue weighted by Crippen LogP contribution is 2.50. The van der Waals surface area contributed by atoms with E-state index in [1.807, 2.05) is 0 Å². The molecule has 2 saturated heterocycles. The molecule has 0 spiro atoms. The maximum atomic E-state index is 13.7. The zero-order valence-corrected chi connectivity index (χ0v) is 17.3. The van der Waals surface area contributed by atoms with Crippen molar-refractivity contribution in [3.05, 3.63) is 0 Å². The number of nitrogens with zero attached hydrogens (tertiary/aromatic N) is 1. The number of piperidine rings is 1. The Labute approximate surface area is 161 Å². The van der Waals surface area contributed by atoms with Crippen molar-refractivity contribution in [1.29, 1.82) is 0 Å². The first-order chi connectivity index (χ1) is 12.7. The van der Waals surface area contributed by atoms with Crippen LogP contribution < -0.4 is 0 Å². The quantitative estimate of drug-likeness (QED) is 0.680. The number of hydrogen-bond acceptors (Lipinski definition) is 3. The molecule has 0 aromatic rings. The van der Waals surface area contributed by atoms with Crippen LogP contribution in [0.4, 0.5) is 0 Å². The average Bonchev–Trinajstić information content (AvgIpc) is 2.88. The lowest BCUT2D eigenvalue weighted by Gasteiger charge is -2.51. The van der Waals surface area contributed by atoms with Crippen LogP contribution in [-0.4, -0.2) is 35.8 Å². The Bertz CT molecular complexity index is 504. The van der Waals surface area contributed by atoms with Gasteiger partial charge in [-0.05, 0) is 68.1 Å². The summed E-state index contributed by atoms with van der Waals surface area (Å²) in [6.45, 7) is 2.37. The SMILES string of the molecule is O=C(CC1C2CCC1CN(P)C2)C1C2CCCCC2OC2CCCCC21. The van der Waals surface area contributed by atoms with Crippen molar-refractivity contribution >= 4 is 15.2 Å². The van der Waals surface area contributed by atoms with E-state index in [4.69, 9.17) is 4.74 Å². The summed E-state index contributed by atoms with van der Waals surface area (Å²) in [5, 5.41) is 0. The predicted octanol–water partition coefficient (Wildman–Crippen LogP) is 4.46. The molecule has 3 aliphatic carbocycles. The maximum absolute atomic E-state index is 13.7. The molecule has 5 rings (SSSR count). The molecule has 3 saturated carbocycles. The summed E-state index contributed by atoms with van der Waals surface area (Å²) in [6.07, 6.45) is 14.5. The van der Waals surface area contributed by atoms with Gasteiger partial charge in [0.1, 0.15) is 5.78 Å². The van der Waals surface area contributed by atoms with E-state index in [2.05, 4.69) is 14.1 Å². The Balaban J connectivity index is 1.35. The Morgan fingerprint density at radius 1 is 0.846 bits per heavy atom. The third-order valence-electron chi connectivity index (χ3n) is 8.65. The number of Topliss-reactive ketones (excluding diaryl/α,β-unsaturated/α-hetero) is 1. The van der Waals surface area contributed by atoms with Crippen LogP contribution in [0, 0.1) is 35.5 Å². The van der Waals surface area contributed by atoms with E-state index in [0.29, 0.717) is 41.7 Å². The molecule has 3 nitrogen and oxygen atoms in total. The van der Waals surface area contributed by atoms with Gasteiger partial charge in [0.2, 0.25) is 0 Å². The molecule has 5 aliphatic rings. The van der Waals surface area contributed by atoms with Gasteiger partial charge < -0.3 is 4.74 Å². The van der Waals surface area contributed by atoms with Crippen molar-refractivity contribution in [2.45, 2.75) is 82.8 Å². The van der Waals surface area contributed by atoms with E-state index < -0.39 is 0 Å². The minimum atomic E-state index is 0.327. The molecule has 5 fully saturated rings. The number of rotatable bonds is 3.